The highest BCUT2D eigenvalue weighted by atomic mass is 16.7. The van der Waals surface area contributed by atoms with Gasteiger partial charge in [-0.25, -0.2) is 0 Å². The smallest absolute Gasteiger partial charge is 0.317 e. The third-order valence-electron chi connectivity index (χ3n) is 19.1. The summed E-state index contributed by atoms with van der Waals surface area (Å²) in [6.07, 6.45) is -16.5. The van der Waals surface area contributed by atoms with Crippen LogP contribution in [-0.2, 0) is 33.2 Å². The largest absolute Gasteiger partial charge is 0.432 e. The van der Waals surface area contributed by atoms with Gasteiger partial charge in [-0.05, 0) is 97.2 Å². The van der Waals surface area contributed by atoms with Crippen molar-refractivity contribution in [2.45, 2.75) is 198 Å². The van der Waals surface area contributed by atoms with Crippen molar-refractivity contribution in [3.63, 3.8) is 0 Å². The number of esters is 1. The molecule has 378 valence electrons. The minimum absolute atomic E-state index is 0.0138. The Balaban J connectivity index is 1.04. The molecule has 8 rings (SSSR count). The summed E-state index contributed by atoms with van der Waals surface area (Å²) < 4.78 is 35.0. The van der Waals surface area contributed by atoms with Gasteiger partial charge in [-0.2, -0.15) is 0 Å². The second kappa shape index (κ2) is 18.0. The number of hydrogen-bond acceptors (Lipinski definition) is 19. The van der Waals surface area contributed by atoms with Crippen LogP contribution in [0.5, 0.6) is 0 Å². The van der Waals surface area contributed by atoms with E-state index in [2.05, 4.69) is 40.7 Å². The van der Waals surface area contributed by atoms with Crippen LogP contribution in [0.2, 0.25) is 0 Å². The Labute approximate surface area is 385 Å². The average Bonchev–Trinajstić information content (AvgIpc) is 3.26. The lowest BCUT2D eigenvalue weighted by Gasteiger charge is -2.72. The maximum atomic E-state index is 15.0. The molecule has 0 aromatic rings. The van der Waals surface area contributed by atoms with Crippen molar-refractivity contribution in [2.75, 3.05) is 26.4 Å². The first-order chi connectivity index (χ1) is 30.8. The number of rotatable bonds is 9. The number of aliphatic hydroxyl groups excluding tert-OH is 12. The van der Waals surface area contributed by atoms with Gasteiger partial charge < -0.3 is 89.7 Å². The summed E-state index contributed by atoms with van der Waals surface area (Å²) in [4.78, 5) is 15.0. The van der Waals surface area contributed by atoms with Gasteiger partial charge in [0.25, 0.3) is 0 Å². The van der Waals surface area contributed by atoms with E-state index >= 15 is 0 Å². The van der Waals surface area contributed by atoms with E-state index in [0.29, 0.717) is 25.7 Å². The second-order valence-electron chi connectivity index (χ2n) is 23.0. The molecule has 66 heavy (non-hydrogen) atoms. The fourth-order valence-electron chi connectivity index (χ4n) is 14.8. The number of carbonyl (C=O) groups excluding carboxylic acids is 1. The minimum atomic E-state index is -1.90. The summed E-state index contributed by atoms with van der Waals surface area (Å²) in [5.74, 6) is -1.20. The highest BCUT2D eigenvalue weighted by Gasteiger charge is 2.72. The molecule has 19 nitrogen and oxygen atoms in total. The highest BCUT2D eigenvalue weighted by molar-refractivity contribution is 5.80. The van der Waals surface area contributed by atoms with Gasteiger partial charge in [0.1, 0.15) is 72.6 Å². The van der Waals surface area contributed by atoms with Crippen molar-refractivity contribution in [1.29, 1.82) is 0 Å². The van der Waals surface area contributed by atoms with Crippen molar-refractivity contribution in [2.24, 2.45) is 50.2 Å². The summed E-state index contributed by atoms with van der Waals surface area (Å²) in [5.41, 5.74) is -2.61. The third-order valence-corrected chi connectivity index (χ3v) is 19.1. The molecule has 7 fully saturated rings. The van der Waals surface area contributed by atoms with E-state index in [1.54, 1.807) is 0 Å². The standard InChI is InChI=1S/C47H76O19/c1-42(2)13-14-47(41(60)66-40-37(59)34(56)32(54)25(64-40)19-62-38-36(58)33(55)31(53)24(17-48)63-38)22(15-42)21-7-8-27-43(3)11-10-29(65-39-35(57)30(52)23(50)18-61-39)44(4,20-49)26(43)9-12-45(27,5)46(21,6)16-28(47)51/h7,22-40,48-59H,8-20H2,1-6H3/t22-,23-,24+,25+,26+,27+,28+,29-,30-,31+,32+,33-,34-,35+,36+,37+,38+,39-,40-,43-,44-,45+,46+,47+/m0/s1. The molecular weight excluding hydrogens is 868 g/mol. The average molecular weight is 945 g/mol. The number of allylic oxidation sites excluding steroid dienone is 2. The Morgan fingerprint density at radius 2 is 1.33 bits per heavy atom. The number of ether oxygens (including phenoxy) is 6. The zero-order chi connectivity index (χ0) is 48.3. The van der Waals surface area contributed by atoms with Crippen LogP contribution in [0.15, 0.2) is 11.6 Å². The van der Waals surface area contributed by atoms with E-state index in [4.69, 9.17) is 28.4 Å². The quantitative estimate of drug-likeness (QED) is 0.0728. The van der Waals surface area contributed by atoms with Gasteiger partial charge in [-0.3, -0.25) is 4.79 Å². The maximum Gasteiger partial charge on any atom is 0.317 e. The van der Waals surface area contributed by atoms with E-state index in [0.717, 1.165) is 24.8 Å². The number of aliphatic hydroxyl groups is 12. The fraction of sp³-hybridized carbons (Fsp3) is 0.936. The molecule has 0 radical (unpaired) electrons. The lowest BCUT2D eigenvalue weighted by molar-refractivity contribution is -0.329. The van der Waals surface area contributed by atoms with E-state index in [1.807, 2.05) is 6.92 Å². The zero-order valence-electron chi connectivity index (χ0n) is 39.0. The van der Waals surface area contributed by atoms with E-state index < -0.39 is 140 Å². The summed E-state index contributed by atoms with van der Waals surface area (Å²) in [6.45, 7) is 11.4. The predicted octanol–water partition coefficient (Wildman–Crippen LogP) is -1.28. The van der Waals surface area contributed by atoms with Gasteiger partial charge in [0.05, 0.1) is 38.6 Å². The van der Waals surface area contributed by atoms with Crippen LogP contribution in [0.1, 0.15) is 99.3 Å². The Morgan fingerprint density at radius 3 is 2.00 bits per heavy atom. The zero-order valence-corrected chi connectivity index (χ0v) is 39.0. The molecule has 4 saturated carbocycles. The van der Waals surface area contributed by atoms with E-state index in [9.17, 15) is 66.1 Å². The molecule has 19 heteroatoms. The molecule has 0 amide bonds. The molecule has 3 saturated heterocycles. The fourth-order valence-corrected chi connectivity index (χ4v) is 14.8. The molecular formula is C47H76O19. The first kappa shape index (κ1) is 50.9. The first-order valence-electron chi connectivity index (χ1n) is 24.0. The molecule has 0 spiro atoms. The molecule has 8 aliphatic rings. The Morgan fingerprint density at radius 1 is 0.697 bits per heavy atom. The molecule has 3 heterocycles. The van der Waals surface area contributed by atoms with Gasteiger partial charge in [0.15, 0.2) is 12.6 Å². The number of hydrogen-bond donors (Lipinski definition) is 12. The lowest BCUT2D eigenvalue weighted by Crippen LogP contribution is -2.69. The van der Waals surface area contributed by atoms with Crippen LogP contribution in [0.3, 0.4) is 0 Å². The van der Waals surface area contributed by atoms with Gasteiger partial charge in [0.2, 0.25) is 6.29 Å². The first-order valence-corrected chi connectivity index (χ1v) is 24.0. The van der Waals surface area contributed by atoms with E-state index in [-0.39, 0.29) is 54.1 Å². The van der Waals surface area contributed by atoms with Gasteiger partial charge in [-0.15, -0.1) is 0 Å². The van der Waals surface area contributed by atoms with Crippen molar-refractivity contribution in [1.82, 2.24) is 0 Å². The topological polar surface area (TPSA) is 315 Å². The third kappa shape index (κ3) is 7.77. The highest BCUT2D eigenvalue weighted by Crippen LogP contribution is 2.76. The summed E-state index contributed by atoms with van der Waals surface area (Å²) in [6, 6.07) is 0. The summed E-state index contributed by atoms with van der Waals surface area (Å²) >= 11 is 0. The van der Waals surface area contributed by atoms with Crippen LogP contribution >= 0.6 is 0 Å². The van der Waals surface area contributed by atoms with Crippen LogP contribution in [-0.4, -0.2) is 192 Å². The molecule has 3 aliphatic heterocycles. The van der Waals surface area contributed by atoms with Crippen LogP contribution < -0.4 is 0 Å². The lowest BCUT2D eigenvalue weighted by atomic mass is 9.33. The molecule has 5 aliphatic carbocycles. The van der Waals surface area contributed by atoms with Gasteiger partial charge in [0, 0.05) is 5.41 Å². The Bertz CT molecular complexity index is 1800. The Hall–Kier alpha value is -1.47. The second-order valence-corrected chi connectivity index (χ2v) is 23.0. The van der Waals surface area contributed by atoms with Crippen molar-refractivity contribution >= 4 is 5.97 Å². The van der Waals surface area contributed by atoms with Crippen LogP contribution in [0, 0.1) is 50.2 Å². The number of fused-ring (bicyclic) bond motifs is 7. The van der Waals surface area contributed by atoms with Gasteiger partial charge >= 0.3 is 5.97 Å². The SMILES string of the molecule is CC1(C)CC[C@]2(C(=O)O[C@@H]3O[C@H](CO[C@@H]4O[C@H](CO)[C@@H](O)[C@H](O)[C@H]4O)[C@@H](O)[C@H](O)[C@H]3O)[C@H](O)C[C@]3(C)C(=CC[C@@H]4[C@@]5(C)CC[C@H](O[C@@H]6OC[C@H](O)[C@H](O)[C@H]6O)[C@@](C)(CO)[C@@H]5CC[C@]43C)[C@@H]2C1. The normalized spacial score (nSPS) is 54.8. The summed E-state index contributed by atoms with van der Waals surface area (Å²) in [5, 5.41) is 129. The van der Waals surface area contributed by atoms with E-state index in [1.165, 1.54) is 0 Å². The van der Waals surface area contributed by atoms with Crippen molar-refractivity contribution < 1.29 is 94.5 Å². The maximum absolute atomic E-state index is 15.0. The minimum Gasteiger partial charge on any atom is -0.432 e. The predicted molar refractivity (Wildman–Crippen MR) is 227 cm³/mol. The molecule has 0 aromatic carbocycles. The van der Waals surface area contributed by atoms with Gasteiger partial charge in [-0.1, -0.05) is 53.2 Å². The Kier molecular flexibility index (Phi) is 13.9. The van der Waals surface area contributed by atoms with Crippen molar-refractivity contribution in [3.05, 3.63) is 11.6 Å². The van der Waals surface area contributed by atoms with Crippen LogP contribution in [0.25, 0.3) is 0 Å². The molecule has 24 atom stereocenters. The molecule has 0 unspecified atom stereocenters. The van der Waals surface area contributed by atoms with Crippen LogP contribution in [0.4, 0.5) is 0 Å². The molecule has 0 bridgehead atoms. The number of carbonyl (C=O) groups is 1. The molecule has 12 N–H and O–H groups in total. The van der Waals surface area contributed by atoms with Crippen molar-refractivity contribution in [3.8, 4) is 0 Å². The monoisotopic (exact) mass is 944 g/mol. The summed E-state index contributed by atoms with van der Waals surface area (Å²) in [7, 11) is 0. The molecule has 0 aromatic heterocycles.